The van der Waals surface area contributed by atoms with Crippen LogP contribution in [-0.4, -0.2) is 29.5 Å². The van der Waals surface area contributed by atoms with E-state index in [0.717, 1.165) is 18.4 Å². The minimum absolute atomic E-state index is 0. The second-order valence-corrected chi connectivity index (χ2v) is 3.50. The van der Waals surface area contributed by atoms with Crippen molar-refractivity contribution in [3.63, 3.8) is 0 Å². The Morgan fingerprint density at radius 2 is 1.94 bits per heavy atom. The third kappa shape index (κ3) is 13.2. The Labute approximate surface area is 114 Å². The minimum atomic E-state index is -1.01. The summed E-state index contributed by atoms with van der Waals surface area (Å²) >= 11 is 0. The maximum absolute atomic E-state index is 10.4. The van der Waals surface area contributed by atoms with E-state index in [2.05, 4.69) is 4.99 Å². The molecule has 0 aromatic heterocycles. The fourth-order valence-electron chi connectivity index (χ4n) is 1.07. The molecule has 0 rings (SSSR count). The van der Waals surface area contributed by atoms with Crippen LogP contribution in [0.4, 0.5) is 0 Å². The molecule has 0 fully saturated rings. The van der Waals surface area contributed by atoms with Gasteiger partial charge in [0.1, 0.15) is 6.04 Å². The summed E-state index contributed by atoms with van der Waals surface area (Å²) in [4.78, 5) is 14.5. The highest BCUT2D eigenvalue weighted by Gasteiger charge is 2.07. The van der Waals surface area contributed by atoms with Gasteiger partial charge in [-0.3, -0.25) is 9.79 Å². The van der Waals surface area contributed by atoms with Crippen molar-refractivity contribution in [2.45, 2.75) is 32.7 Å². The van der Waals surface area contributed by atoms with Crippen molar-refractivity contribution in [1.82, 2.24) is 0 Å². The molecule has 0 aromatic rings. The van der Waals surface area contributed by atoms with E-state index in [0.29, 0.717) is 12.4 Å². The number of hydrogen-bond acceptors (Lipinski definition) is 3. The summed E-state index contributed by atoms with van der Waals surface area (Å²) < 4.78 is 0. The van der Waals surface area contributed by atoms with Gasteiger partial charge in [-0.05, 0) is 26.7 Å². The first-order valence-electron chi connectivity index (χ1n) is 4.85. The highest BCUT2D eigenvalue weighted by Crippen LogP contribution is 2.04. The Morgan fingerprint density at radius 3 is 2.35 bits per heavy atom. The van der Waals surface area contributed by atoms with Crippen LogP contribution in [-0.2, 0) is 4.79 Å². The molecular formula is C10H21Cl2N3O2. The van der Waals surface area contributed by atoms with Crippen molar-refractivity contribution in [2.75, 3.05) is 6.54 Å². The molecule has 0 aliphatic rings. The molecule has 0 heterocycles. The number of nitrogens with two attached hydrogens (primary N) is 2. The summed E-state index contributed by atoms with van der Waals surface area (Å²) in [6.45, 7) is 4.26. The monoisotopic (exact) mass is 285 g/mol. The number of carboxylic acid groups (broad SMARTS) is 1. The molecular weight excluding hydrogens is 265 g/mol. The van der Waals surface area contributed by atoms with Crippen LogP contribution >= 0.6 is 24.8 Å². The molecule has 0 saturated carbocycles. The lowest BCUT2D eigenvalue weighted by Gasteiger charge is -2.03. The van der Waals surface area contributed by atoms with Gasteiger partial charge in [0.25, 0.3) is 0 Å². The Kier molecular flexibility index (Phi) is 14.8. The van der Waals surface area contributed by atoms with E-state index in [1.54, 1.807) is 13.0 Å². The summed E-state index contributed by atoms with van der Waals surface area (Å²) in [6.07, 6.45) is 3.20. The van der Waals surface area contributed by atoms with E-state index < -0.39 is 12.0 Å². The van der Waals surface area contributed by atoms with Crippen LogP contribution in [0.25, 0.3) is 0 Å². The molecule has 0 spiro atoms. The van der Waals surface area contributed by atoms with E-state index in [1.165, 1.54) is 0 Å². The molecule has 7 heteroatoms. The summed E-state index contributed by atoms with van der Waals surface area (Å²) in [6, 6.07) is -0.912. The normalized spacial score (nSPS) is 13.4. The maximum atomic E-state index is 10.4. The Bertz CT molecular complexity index is 277. The Morgan fingerprint density at radius 1 is 1.41 bits per heavy atom. The number of allylic oxidation sites excluding steroid dienone is 1. The van der Waals surface area contributed by atoms with Gasteiger partial charge in [0.2, 0.25) is 0 Å². The standard InChI is InChI=1S/C10H19N3O2.2ClH/c1-7(6-9(12)10(14)15)4-3-5-13-8(2)11;;/h6,9H,3-5,12H2,1-2H3,(H2,11,13)(H,14,15);2*1H/b7-6+;;. The van der Waals surface area contributed by atoms with Crippen molar-refractivity contribution in [1.29, 1.82) is 0 Å². The molecule has 5 nitrogen and oxygen atoms in total. The van der Waals surface area contributed by atoms with Gasteiger partial charge in [0.15, 0.2) is 0 Å². The fraction of sp³-hybridized carbons (Fsp3) is 0.600. The van der Waals surface area contributed by atoms with Gasteiger partial charge < -0.3 is 16.6 Å². The van der Waals surface area contributed by atoms with E-state index >= 15 is 0 Å². The summed E-state index contributed by atoms with van der Waals surface area (Å²) in [5.74, 6) is -0.441. The lowest BCUT2D eigenvalue weighted by molar-refractivity contribution is -0.137. The zero-order valence-corrected chi connectivity index (χ0v) is 11.7. The predicted molar refractivity (Wildman–Crippen MR) is 75.3 cm³/mol. The second kappa shape index (κ2) is 11.7. The molecule has 0 bridgehead atoms. The van der Waals surface area contributed by atoms with E-state index in [9.17, 15) is 4.79 Å². The van der Waals surface area contributed by atoms with Gasteiger partial charge in [0, 0.05) is 6.54 Å². The number of nitrogens with zero attached hydrogens (tertiary/aromatic N) is 1. The average Bonchev–Trinajstić information content (AvgIpc) is 2.12. The first-order valence-corrected chi connectivity index (χ1v) is 4.85. The van der Waals surface area contributed by atoms with Crippen LogP contribution in [0.5, 0.6) is 0 Å². The van der Waals surface area contributed by atoms with Crippen molar-refractivity contribution in [3.05, 3.63) is 11.6 Å². The molecule has 0 aromatic carbocycles. The maximum Gasteiger partial charge on any atom is 0.324 e. The molecule has 102 valence electrons. The number of aliphatic imine (C=N–C) groups is 1. The number of amidine groups is 1. The third-order valence-electron chi connectivity index (χ3n) is 1.84. The second-order valence-electron chi connectivity index (χ2n) is 3.50. The number of carbonyl (C=O) groups is 1. The molecule has 0 aliphatic heterocycles. The first kappa shape index (κ1) is 21.5. The number of rotatable bonds is 6. The fourth-order valence-corrected chi connectivity index (χ4v) is 1.07. The van der Waals surface area contributed by atoms with Crippen LogP contribution in [0.2, 0.25) is 0 Å². The number of hydrogen-bond donors (Lipinski definition) is 3. The minimum Gasteiger partial charge on any atom is -0.480 e. The van der Waals surface area contributed by atoms with Crippen LogP contribution in [0, 0.1) is 0 Å². The molecule has 0 radical (unpaired) electrons. The number of carboxylic acids is 1. The van der Waals surface area contributed by atoms with E-state index in [1.807, 2.05) is 6.92 Å². The Balaban J connectivity index is -0.000000980. The van der Waals surface area contributed by atoms with Crippen LogP contribution in [0.3, 0.4) is 0 Å². The van der Waals surface area contributed by atoms with Crippen molar-refractivity contribution >= 4 is 36.6 Å². The molecule has 5 N–H and O–H groups in total. The van der Waals surface area contributed by atoms with E-state index in [-0.39, 0.29) is 24.8 Å². The third-order valence-corrected chi connectivity index (χ3v) is 1.84. The van der Waals surface area contributed by atoms with E-state index in [4.69, 9.17) is 16.6 Å². The predicted octanol–water partition coefficient (Wildman–Crippen LogP) is 1.35. The van der Waals surface area contributed by atoms with Gasteiger partial charge >= 0.3 is 5.97 Å². The topological polar surface area (TPSA) is 102 Å². The highest BCUT2D eigenvalue weighted by molar-refractivity contribution is 5.85. The van der Waals surface area contributed by atoms with Crippen molar-refractivity contribution in [2.24, 2.45) is 16.5 Å². The van der Waals surface area contributed by atoms with Gasteiger partial charge in [-0.25, -0.2) is 0 Å². The SMILES string of the molecule is CC(N)=NCCC/C(C)=C/C(N)C(=O)O.Cl.Cl. The molecule has 1 atom stereocenters. The van der Waals surface area contributed by atoms with Crippen LogP contribution in [0.15, 0.2) is 16.6 Å². The lowest BCUT2D eigenvalue weighted by atomic mass is 10.1. The zero-order chi connectivity index (χ0) is 11.8. The van der Waals surface area contributed by atoms with Gasteiger partial charge in [-0.15, -0.1) is 24.8 Å². The zero-order valence-electron chi connectivity index (χ0n) is 10.0. The van der Waals surface area contributed by atoms with Crippen molar-refractivity contribution < 1.29 is 9.90 Å². The molecule has 0 saturated heterocycles. The summed E-state index contributed by atoms with van der Waals surface area (Å²) in [5.41, 5.74) is 11.7. The summed E-state index contributed by atoms with van der Waals surface area (Å²) in [7, 11) is 0. The first-order chi connectivity index (χ1) is 6.93. The van der Waals surface area contributed by atoms with Crippen molar-refractivity contribution in [3.8, 4) is 0 Å². The largest absolute Gasteiger partial charge is 0.480 e. The molecule has 0 amide bonds. The number of aliphatic carboxylic acids is 1. The molecule has 17 heavy (non-hydrogen) atoms. The number of halogens is 2. The van der Waals surface area contributed by atoms with Gasteiger partial charge in [-0.2, -0.15) is 0 Å². The highest BCUT2D eigenvalue weighted by atomic mass is 35.5. The van der Waals surface area contributed by atoms with Gasteiger partial charge in [0.05, 0.1) is 5.84 Å². The smallest absolute Gasteiger partial charge is 0.324 e. The Hall–Kier alpha value is -0.780. The van der Waals surface area contributed by atoms with Crippen LogP contribution in [0.1, 0.15) is 26.7 Å². The molecule has 0 aliphatic carbocycles. The van der Waals surface area contributed by atoms with Crippen LogP contribution < -0.4 is 11.5 Å². The summed E-state index contributed by atoms with van der Waals surface area (Å²) in [5, 5.41) is 8.57. The quantitative estimate of drug-likeness (QED) is 0.297. The average molecular weight is 286 g/mol. The lowest BCUT2D eigenvalue weighted by Crippen LogP contribution is -2.27. The molecule has 1 unspecified atom stereocenters. The van der Waals surface area contributed by atoms with Gasteiger partial charge in [-0.1, -0.05) is 11.6 Å².